The lowest BCUT2D eigenvalue weighted by molar-refractivity contribution is -0.126. The first kappa shape index (κ1) is 20.5. The van der Waals surface area contributed by atoms with Gasteiger partial charge in [0, 0.05) is 6.54 Å². The van der Waals surface area contributed by atoms with Crippen LogP contribution in [-0.2, 0) is 20.7 Å². The fraction of sp³-hybridized carbons (Fsp3) is 0.250. The zero-order valence-electron chi connectivity index (χ0n) is 15.0. The monoisotopic (exact) mass is 388 g/mol. The normalized spacial score (nSPS) is 10.1. The van der Waals surface area contributed by atoms with Crippen molar-refractivity contribution in [3.63, 3.8) is 0 Å². The Morgan fingerprint density at radius 1 is 1.04 bits per heavy atom. The van der Waals surface area contributed by atoms with Crippen LogP contribution in [0.3, 0.4) is 0 Å². The number of esters is 1. The molecule has 2 N–H and O–H groups in total. The molecule has 0 saturated heterocycles. The SMILES string of the molecule is COC(=O)c1ccc(Cl)c(NC(=O)CC(=O)NCCCc2ccccc2)c1. The van der Waals surface area contributed by atoms with E-state index in [0.717, 1.165) is 12.8 Å². The van der Waals surface area contributed by atoms with Crippen LogP contribution in [-0.4, -0.2) is 31.4 Å². The number of ether oxygens (including phenoxy) is 1. The second-order valence-corrected chi connectivity index (χ2v) is 6.26. The third-order valence-electron chi connectivity index (χ3n) is 3.79. The third-order valence-corrected chi connectivity index (χ3v) is 4.12. The Morgan fingerprint density at radius 3 is 2.48 bits per heavy atom. The summed E-state index contributed by atoms with van der Waals surface area (Å²) in [4.78, 5) is 35.5. The number of anilines is 1. The van der Waals surface area contributed by atoms with Crippen molar-refractivity contribution in [3.8, 4) is 0 Å². The Hall–Kier alpha value is -2.86. The van der Waals surface area contributed by atoms with E-state index in [9.17, 15) is 14.4 Å². The van der Waals surface area contributed by atoms with Crippen molar-refractivity contribution < 1.29 is 19.1 Å². The minimum atomic E-state index is -0.543. The minimum Gasteiger partial charge on any atom is -0.465 e. The van der Waals surface area contributed by atoms with Gasteiger partial charge in [0.2, 0.25) is 11.8 Å². The summed E-state index contributed by atoms with van der Waals surface area (Å²) in [5, 5.41) is 5.52. The van der Waals surface area contributed by atoms with Crippen LogP contribution in [0.2, 0.25) is 5.02 Å². The van der Waals surface area contributed by atoms with Gasteiger partial charge in [0.1, 0.15) is 6.42 Å². The van der Waals surface area contributed by atoms with Gasteiger partial charge in [-0.15, -0.1) is 0 Å². The highest BCUT2D eigenvalue weighted by Crippen LogP contribution is 2.23. The maximum absolute atomic E-state index is 12.0. The Bertz CT molecular complexity index is 809. The van der Waals surface area contributed by atoms with Crippen LogP contribution in [0.1, 0.15) is 28.8 Å². The molecule has 27 heavy (non-hydrogen) atoms. The van der Waals surface area contributed by atoms with Crippen molar-refractivity contribution in [1.82, 2.24) is 5.32 Å². The molecule has 2 aromatic rings. The van der Waals surface area contributed by atoms with Crippen molar-refractivity contribution >= 4 is 35.1 Å². The van der Waals surface area contributed by atoms with Crippen LogP contribution in [0.15, 0.2) is 48.5 Å². The predicted octanol–water partition coefficient (Wildman–Crippen LogP) is 3.20. The van der Waals surface area contributed by atoms with Gasteiger partial charge in [-0.05, 0) is 36.6 Å². The molecule has 0 unspecified atom stereocenters. The standard InChI is InChI=1S/C20H21ClN2O4/c1-27-20(26)15-9-10-16(21)17(12-15)23-19(25)13-18(24)22-11-5-8-14-6-3-2-4-7-14/h2-4,6-7,9-10,12H,5,8,11,13H2,1H3,(H,22,24)(H,23,25). The number of methoxy groups -OCH3 is 1. The molecule has 0 atom stereocenters. The van der Waals surface area contributed by atoms with E-state index in [2.05, 4.69) is 15.4 Å². The molecule has 0 radical (unpaired) electrons. The van der Waals surface area contributed by atoms with Gasteiger partial charge in [-0.25, -0.2) is 4.79 Å². The smallest absolute Gasteiger partial charge is 0.337 e. The third kappa shape index (κ3) is 6.75. The van der Waals surface area contributed by atoms with Gasteiger partial charge < -0.3 is 15.4 Å². The highest BCUT2D eigenvalue weighted by Gasteiger charge is 2.13. The lowest BCUT2D eigenvalue weighted by atomic mass is 10.1. The lowest BCUT2D eigenvalue weighted by Gasteiger charge is -2.09. The summed E-state index contributed by atoms with van der Waals surface area (Å²) in [6.07, 6.45) is 1.30. The van der Waals surface area contributed by atoms with E-state index >= 15 is 0 Å². The van der Waals surface area contributed by atoms with E-state index in [1.165, 1.54) is 30.9 Å². The van der Waals surface area contributed by atoms with Crippen LogP contribution in [0, 0.1) is 0 Å². The molecular formula is C20H21ClN2O4. The molecule has 0 aliphatic rings. The molecule has 142 valence electrons. The van der Waals surface area contributed by atoms with Crippen molar-refractivity contribution in [1.29, 1.82) is 0 Å². The summed E-state index contributed by atoms with van der Waals surface area (Å²) in [7, 11) is 1.26. The molecule has 0 fully saturated rings. The molecule has 0 spiro atoms. The number of amides is 2. The van der Waals surface area contributed by atoms with Crippen molar-refractivity contribution in [2.24, 2.45) is 0 Å². The molecule has 7 heteroatoms. The average molecular weight is 389 g/mol. The van der Waals surface area contributed by atoms with Crippen LogP contribution in [0.5, 0.6) is 0 Å². The summed E-state index contributed by atoms with van der Waals surface area (Å²) in [5.41, 5.74) is 1.70. The molecule has 0 heterocycles. The Balaban J connectivity index is 1.78. The van der Waals surface area contributed by atoms with Gasteiger partial charge in [-0.1, -0.05) is 41.9 Å². The molecule has 2 aromatic carbocycles. The molecule has 6 nitrogen and oxygen atoms in total. The first-order valence-electron chi connectivity index (χ1n) is 8.48. The quantitative estimate of drug-likeness (QED) is 0.413. The Morgan fingerprint density at radius 2 is 1.78 bits per heavy atom. The van der Waals surface area contributed by atoms with E-state index in [1.807, 2.05) is 30.3 Å². The van der Waals surface area contributed by atoms with E-state index in [1.54, 1.807) is 0 Å². The van der Waals surface area contributed by atoms with Gasteiger partial charge in [0.05, 0.1) is 23.4 Å². The summed E-state index contributed by atoms with van der Waals surface area (Å²) in [5.74, 6) is -1.43. The molecular weight excluding hydrogens is 368 g/mol. The minimum absolute atomic E-state index is 0.251. The summed E-state index contributed by atoms with van der Waals surface area (Å²) >= 11 is 6.02. The maximum atomic E-state index is 12.0. The Kier molecular flexibility index (Phi) is 7.82. The van der Waals surface area contributed by atoms with Gasteiger partial charge >= 0.3 is 5.97 Å². The molecule has 2 amide bonds. The second-order valence-electron chi connectivity index (χ2n) is 5.85. The Labute approximate surface area is 162 Å². The summed E-state index contributed by atoms with van der Waals surface area (Å²) in [6, 6.07) is 14.3. The summed E-state index contributed by atoms with van der Waals surface area (Å²) < 4.78 is 4.63. The largest absolute Gasteiger partial charge is 0.465 e. The summed E-state index contributed by atoms with van der Waals surface area (Å²) in [6.45, 7) is 0.486. The number of hydrogen-bond acceptors (Lipinski definition) is 4. The molecule has 0 bridgehead atoms. The number of hydrogen-bond donors (Lipinski definition) is 2. The first-order chi connectivity index (χ1) is 13.0. The van der Waals surface area contributed by atoms with Gasteiger partial charge in [-0.3, -0.25) is 9.59 Å². The highest BCUT2D eigenvalue weighted by molar-refractivity contribution is 6.34. The van der Waals surface area contributed by atoms with E-state index in [0.29, 0.717) is 6.54 Å². The fourth-order valence-corrected chi connectivity index (χ4v) is 2.60. The van der Waals surface area contributed by atoms with E-state index in [-0.39, 0.29) is 28.6 Å². The molecule has 0 aromatic heterocycles. The number of halogens is 1. The number of rotatable bonds is 8. The number of nitrogens with one attached hydrogen (secondary N) is 2. The number of carbonyl (C=O) groups is 3. The van der Waals surface area contributed by atoms with Crippen molar-refractivity contribution in [2.75, 3.05) is 19.0 Å². The second kappa shape index (κ2) is 10.3. The predicted molar refractivity (Wildman–Crippen MR) is 104 cm³/mol. The zero-order valence-corrected chi connectivity index (χ0v) is 15.7. The average Bonchev–Trinajstić information content (AvgIpc) is 2.67. The molecule has 0 aliphatic carbocycles. The van der Waals surface area contributed by atoms with Gasteiger partial charge in [0.25, 0.3) is 0 Å². The van der Waals surface area contributed by atoms with Crippen LogP contribution >= 0.6 is 11.6 Å². The molecule has 0 aliphatic heterocycles. The lowest BCUT2D eigenvalue weighted by Crippen LogP contribution is -2.29. The fourth-order valence-electron chi connectivity index (χ4n) is 2.43. The van der Waals surface area contributed by atoms with Crippen LogP contribution < -0.4 is 10.6 Å². The first-order valence-corrected chi connectivity index (χ1v) is 8.85. The molecule has 0 saturated carbocycles. The number of aryl methyl sites for hydroxylation is 1. The van der Waals surface area contributed by atoms with Crippen LogP contribution in [0.25, 0.3) is 0 Å². The zero-order chi connectivity index (χ0) is 19.6. The highest BCUT2D eigenvalue weighted by atomic mass is 35.5. The van der Waals surface area contributed by atoms with E-state index in [4.69, 9.17) is 11.6 Å². The van der Waals surface area contributed by atoms with Gasteiger partial charge in [-0.2, -0.15) is 0 Å². The maximum Gasteiger partial charge on any atom is 0.337 e. The van der Waals surface area contributed by atoms with E-state index < -0.39 is 11.9 Å². The molecule has 2 rings (SSSR count). The van der Waals surface area contributed by atoms with Crippen LogP contribution in [0.4, 0.5) is 5.69 Å². The van der Waals surface area contributed by atoms with Gasteiger partial charge in [0.15, 0.2) is 0 Å². The van der Waals surface area contributed by atoms with Crippen molar-refractivity contribution in [2.45, 2.75) is 19.3 Å². The topological polar surface area (TPSA) is 84.5 Å². The number of benzene rings is 2. The van der Waals surface area contributed by atoms with Crippen molar-refractivity contribution in [3.05, 3.63) is 64.7 Å². The number of carbonyl (C=O) groups excluding carboxylic acids is 3.